The molecule has 0 spiro atoms. The average Bonchev–Trinajstić information content (AvgIpc) is 2.86. The standard InChI is InChI=1S/C23H31FO4/c1-5-19(27)28-21-12(2)8-15-14-7-6-13-9-17(25)16(24)10-22(13,3)20(14)18(26)11-23(15,21)4/h9-10,12,14-15,18,20-21,26H,5-8,11H2,1-4H3/t12-,14+,15+,18+,20-,21+,22+,23+/m1/s1. The number of halogens is 1. The van der Waals surface area contributed by atoms with Crippen LogP contribution in [0.3, 0.4) is 0 Å². The molecule has 0 bridgehead atoms. The lowest BCUT2D eigenvalue weighted by atomic mass is 9.47. The zero-order valence-corrected chi connectivity index (χ0v) is 17.2. The minimum atomic E-state index is -0.707. The summed E-state index contributed by atoms with van der Waals surface area (Å²) in [6.07, 6.45) is 5.57. The second kappa shape index (κ2) is 6.51. The highest BCUT2D eigenvalue weighted by atomic mass is 19.1. The molecule has 154 valence electrons. The van der Waals surface area contributed by atoms with Crippen LogP contribution in [-0.4, -0.2) is 29.1 Å². The first kappa shape index (κ1) is 19.8. The van der Waals surface area contributed by atoms with Crippen molar-refractivity contribution in [3.63, 3.8) is 0 Å². The summed E-state index contributed by atoms with van der Waals surface area (Å²) in [6, 6.07) is 0. The van der Waals surface area contributed by atoms with E-state index in [0.29, 0.717) is 18.8 Å². The molecule has 5 heteroatoms. The number of carbonyl (C=O) groups excluding carboxylic acids is 2. The number of hydrogen-bond donors (Lipinski definition) is 1. The van der Waals surface area contributed by atoms with Gasteiger partial charge in [-0.05, 0) is 55.6 Å². The number of carbonyl (C=O) groups is 2. The van der Waals surface area contributed by atoms with Crippen molar-refractivity contribution < 1.29 is 23.8 Å². The lowest BCUT2D eigenvalue weighted by molar-refractivity contribution is -0.170. The summed E-state index contributed by atoms with van der Waals surface area (Å²) in [6.45, 7) is 8.06. The molecule has 0 aliphatic heterocycles. The molecular formula is C23H31FO4. The first-order chi connectivity index (χ1) is 13.1. The van der Waals surface area contributed by atoms with Crippen molar-refractivity contribution in [3.8, 4) is 0 Å². The summed E-state index contributed by atoms with van der Waals surface area (Å²) in [5, 5.41) is 11.3. The van der Waals surface area contributed by atoms with Gasteiger partial charge in [-0.25, -0.2) is 4.39 Å². The third-order valence-corrected chi connectivity index (χ3v) is 8.33. The van der Waals surface area contributed by atoms with Crippen LogP contribution in [0.5, 0.6) is 0 Å². The first-order valence-electron chi connectivity index (χ1n) is 10.6. The van der Waals surface area contributed by atoms with Crippen LogP contribution in [0, 0.1) is 34.5 Å². The van der Waals surface area contributed by atoms with Crippen molar-refractivity contribution in [2.24, 2.45) is 34.5 Å². The van der Waals surface area contributed by atoms with Gasteiger partial charge >= 0.3 is 5.97 Å². The average molecular weight is 390 g/mol. The van der Waals surface area contributed by atoms with Crippen LogP contribution in [0.4, 0.5) is 4.39 Å². The highest BCUT2D eigenvalue weighted by molar-refractivity contribution is 6.04. The van der Waals surface area contributed by atoms with E-state index in [2.05, 4.69) is 13.8 Å². The topological polar surface area (TPSA) is 63.6 Å². The van der Waals surface area contributed by atoms with Crippen LogP contribution < -0.4 is 0 Å². The fourth-order valence-corrected chi connectivity index (χ4v) is 7.18. The van der Waals surface area contributed by atoms with Gasteiger partial charge in [0.25, 0.3) is 0 Å². The number of fused-ring (bicyclic) bond motifs is 5. The van der Waals surface area contributed by atoms with E-state index in [1.807, 2.05) is 6.92 Å². The van der Waals surface area contributed by atoms with Gasteiger partial charge in [0.2, 0.25) is 5.78 Å². The Morgan fingerprint density at radius 2 is 2.11 bits per heavy atom. The van der Waals surface area contributed by atoms with Crippen LogP contribution in [0.2, 0.25) is 0 Å². The molecule has 0 unspecified atom stereocenters. The molecule has 0 heterocycles. The molecule has 4 nitrogen and oxygen atoms in total. The normalized spacial score (nSPS) is 47.4. The molecule has 4 aliphatic carbocycles. The number of aliphatic hydroxyl groups is 1. The number of ketones is 1. The molecule has 1 N–H and O–H groups in total. The Hall–Kier alpha value is -1.49. The number of hydrogen-bond acceptors (Lipinski definition) is 4. The summed E-state index contributed by atoms with van der Waals surface area (Å²) in [7, 11) is 0. The minimum absolute atomic E-state index is 0.114. The molecule has 0 aromatic heterocycles. The number of allylic oxidation sites excluding steroid dienone is 4. The van der Waals surface area contributed by atoms with Crippen LogP contribution in [0.1, 0.15) is 59.8 Å². The van der Waals surface area contributed by atoms with Crippen molar-refractivity contribution in [1.29, 1.82) is 0 Å². The smallest absolute Gasteiger partial charge is 0.305 e. The van der Waals surface area contributed by atoms with Gasteiger partial charge in [0, 0.05) is 23.2 Å². The molecule has 28 heavy (non-hydrogen) atoms. The molecule has 0 radical (unpaired) electrons. The van der Waals surface area contributed by atoms with Gasteiger partial charge < -0.3 is 9.84 Å². The summed E-state index contributed by atoms with van der Waals surface area (Å²) < 4.78 is 20.1. The third-order valence-electron chi connectivity index (χ3n) is 8.33. The monoisotopic (exact) mass is 390 g/mol. The Kier molecular flexibility index (Phi) is 4.61. The van der Waals surface area contributed by atoms with Gasteiger partial charge in [-0.15, -0.1) is 0 Å². The summed E-state index contributed by atoms with van der Waals surface area (Å²) in [5.74, 6) is -0.784. The molecule has 3 saturated carbocycles. The zero-order valence-electron chi connectivity index (χ0n) is 17.2. The fraction of sp³-hybridized carbons (Fsp3) is 0.739. The van der Waals surface area contributed by atoms with Gasteiger partial charge in [-0.1, -0.05) is 33.3 Å². The largest absolute Gasteiger partial charge is 0.461 e. The Balaban J connectivity index is 1.71. The van der Waals surface area contributed by atoms with Crippen LogP contribution in [0.15, 0.2) is 23.6 Å². The van der Waals surface area contributed by atoms with E-state index in [0.717, 1.165) is 24.8 Å². The van der Waals surface area contributed by atoms with E-state index < -0.39 is 23.1 Å². The Bertz CT molecular complexity index is 771. The fourth-order valence-electron chi connectivity index (χ4n) is 7.18. The summed E-state index contributed by atoms with van der Waals surface area (Å²) in [5.41, 5.74) is 0.0564. The molecule has 3 fully saturated rings. The lowest BCUT2D eigenvalue weighted by Crippen LogP contribution is -2.57. The number of aliphatic hydroxyl groups excluding tert-OH is 1. The van der Waals surface area contributed by atoms with Crippen molar-refractivity contribution in [1.82, 2.24) is 0 Å². The van der Waals surface area contributed by atoms with E-state index in [1.165, 1.54) is 12.2 Å². The first-order valence-corrected chi connectivity index (χ1v) is 10.6. The van der Waals surface area contributed by atoms with E-state index in [9.17, 15) is 19.1 Å². The van der Waals surface area contributed by atoms with Gasteiger partial charge in [-0.2, -0.15) is 0 Å². The molecule has 0 amide bonds. The van der Waals surface area contributed by atoms with Crippen molar-refractivity contribution >= 4 is 11.8 Å². The number of ether oxygens (including phenoxy) is 1. The number of esters is 1. The van der Waals surface area contributed by atoms with E-state index in [-0.39, 0.29) is 35.2 Å². The second-order valence-corrected chi connectivity index (χ2v) is 9.90. The summed E-state index contributed by atoms with van der Waals surface area (Å²) in [4.78, 5) is 23.9. The van der Waals surface area contributed by atoms with Crippen LogP contribution in [0.25, 0.3) is 0 Å². The molecule has 0 saturated heterocycles. The SMILES string of the molecule is CCC(=O)O[C@H]1[C@H](C)C[C@H]2[C@@H]3CCC4=CC(=O)C(F)=C[C@]4(C)[C@H]3[C@@H](O)C[C@@]21C. The van der Waals surface area contributed by atoms with Crippen molar-refractivity contribution in [3.05, 3.63) is 23.6 Å². The maximum atomic E-state index is 14.3. The number of rotatable bonds is 2. The van der Waals surface area contributed by atoms with Gasteiger partial charge in [0.05, 0.1) is 6.10 Å². The predicted octanol–water partition coefficient (Wildman–Crippen LogP) is 4.13. The molecule has 4 aliphatic rings. The predicted molar refractivity (Wildman–Crippen MR) is 103 cm³/mol. The Morgan fingerprint density at radius 3 is 2.79 bits per heavy atom. The zero-order chi connectivity index (χ0) is 20.4. The van der Waals surface area contributed by atoms with Gasteiger partial charge in [0.1, 0.15) is 6.10 Å². The van der Waals surface area contributed by atoms with Gasteiger partial charge in [-0.3, -0.25) is 9.59 Å². The second-order valence-electron chi connectivity index (χ2n) is 9.90. The maximum absolute atomic E-state index is 14.3. The molecule has 0 aromatic carbocycles. The van der Waals surface area contributed by atoms with Crippen molar-refractivity contribution in [2.75, 3.05) is 0 Å². The highest BCUT2D eigenvalue weighted by Crippen LogP contribution is 2.66. The Labute approximate surface area is 166 Å². The quantitative estimate of drug-likeness (QED) is 0.720. The van der Waals surface area contributed by atoms with Gasteiger partial charge in [0.15, 0.2) is 5.83 Å². The van der Waals surface area contributed by atoms with Crippen LogP contribution >= 0.6 is 0 Å². The molecular weight excluding hydrogens is 359 g/mol. The Morgan fingerprint density at radius 1 is 1.39 bits per heavy atom. The highest BCUT2D eigenvalue weighted by Gasteiger charge is 2.64. The lowest BCUT2D eigenvalue weighted by Gasteiger charge is -2.58. The van der Waals surface area contributed by atoms with E-state index in [4.69, 9.17) is 4.74 Å². The molecule has 0 aromatic rings. The summed E-state index contributed by atoms with van der Waals surface area (Å²) >= 11 is 0. The minimum Gasteiger partial charge on any atom is -0.461 e. The third kappa shape index (κ3) is 2.65. The van der Waals surface area contributed by atoms with Crippen molar-refractivity contribution in [2.45, 2.75) is 72.0 Å². The maximum Gasteiger partial charge on any atom is 0.305 e. The van der Waals surface area contributed by atoms with E-state index in [1.54, 1.807) is 6.92 Å². The molecule has 4 rings (SSSR count). The van der Waals surface area contributed by atoms with E-state index >= 15 is 0 Å². The van der Waals surface area contributed by atoms with Crippen LogP contribution in [-0.2, 0) is 14.3 Å². The molecule has 8 atom stereocenters.